The lowest BCUT2D eigenvalue weighted by Gasteiger charge is -2.35. The Morgan fingerprint density at radius 3 is 2.48 bits per heavy atom. The Bertz CT molecular complexity index is 682. The number of hydrogen-bond acceptors (Lipinski definition) is 3. The summed E-state index contributed by atoms with van der Waals surface area (Å²) in [5.41, 5.74) is 2.84. The first kappa shape index (κ1) is 13.9. The lowest BCUT2D eigenvalue weighted by atomic mass is 9.84. The summed E-state index contributed by atoms with van der Waals surface area (Å²) in [5.74, 6) is -0.0126. The molecule has 4 nitrogen and oxygen atoms in total. The first-order valence-corrected chi connectivity index (χ1v) is 7.23. The number of carbonyl (C=O) groups is 1. The Morgan fingerprint density at radius 2 is 1.86 bits per heavy atom. The number of hydrogen-bond donors (Lipinski definition) is 1. The molecular formula is C17H21N3O. The third-order valence-corrected chi connectivity index (χ3v) is 4.10. The van der Waals surface area contributed by atoms with Gasteiger partial charge < -0.3 is 5.32 Å². The quantitative estimate of drug-likeness (QED) is 0.794. The second-order valence-corrected chi connectivity index (χ2v) is 6.78. The summed E-state index contributed by atoms with van der Waals surface area (Å²) in [6.07, 6.45) is 2.00. The molecule has 1 aromatic rings. The normalized spacial score (nSPS) is 24.6. The molecule has 1 amide bonds. The van der Waals surface area contributed by atoms with E-state index >= 15 is 0 Å². The largest absolute Gasteiger partial charge is 0.363 e. The molecule has 0 saturated heterocycles. The van der Waals surface area contributed by atoms with Crippen molar-refractivity contribution in [1.29, 1.82) is 0 Å². The summed E-state index contributed by atoms with van der Waals surface area (Å²) in [6, 6.07) is 8.06. The van der Waals surface area contributed by atoms with Gasteiger partial charge in [0.05, 0.1) is 11.3 Å². The molecule has 0 fully saturated rings. The van der Waals surface area contributed by atoms with Gasteiger partial charge >= 0.3 is 0 Å². The van der Waals surface area contributed by atoms with Crippen molar-refractivity contribution in [3.8, 4) is 0 Å². The maximum Gasteiger partial charge on any atom is 0.278 e. The summed E-state index contributed by atoms with van der Waals surface area (Å²) < 4.78 is 0. The van der Waals surface area contributed by atoms with Crippen LogP contribution in [0.2, 0.25) is 0 Å². The van der Waals surface area contributed by atoms with Gasteiger partial charge in [-0.1, -0.05) is 18.2 Å². The third-order valence-electron chi connectivity index (χ3n) is 4.10. The zero-order chi connectivity index (χ0) is 15.4. The molecule has 0 aliphatic carbocycles. The number of nitrogens with zero attached hydrogens (tertiary/aromatic N) is 2. The van der Waals surface area contributed by atoms with Crippen LogP contribution in [0.4, 0.5) is 5.69 Å². The number of carbonyl (C=O) groups excluding carboxylic acids is 1. The van der Waals surface area contributed by atoms with Crippen LogP contribution >= 0.6 is 0 Å². The Labute approximate surface area is 125 Å². The number of benzene rings is 1. The molecule has 2 heterocycles. The second-order valence-electron chi connectivity index (χ2n) is 6.78. The molecule has 0 bridgehead atoms. The zero-order valence-corrected chi connectivity index (χ0v) is 13.2. The van der Waals surface area contributed by atoms with E-state index in [-0.39, 0.29) is 11.4 Å². The molecule has 110 valence electrons. The number of fused-ring (bicyclic) bond motifs is 1. The molecule has 1 aromatic carbocycles. The lowest BCUT2D eigenvalue weighted by Crippen LogP contribution is -2.54. The van der Waals surface area contributed by atoms with Gasteiger partial charge in [-0.25, -0.2) is 5.01 Å². The van der Waals surface area contributed by atoms with Crippen molar-refractivity contribution in [3.63, 3.8) is 0 Å². The van der Waals surface area contributed by atoms with Gasteiger partial charge in [0.1, 0.15) is 0 Å². The first-order chi connectivity index (χ1) is 9.75. The van der Waals surface area contributed by atoms with Crippen molar-refractivity contribution >= 4 is 22.9 Å². The standard InChI is InChI=1S/C17H21N3O/c1-11-10-17(18-14-9-7-6-8-13(11)14)12(2)19-20(15(17)21)16(3,4)5/h6-10,18H,1-5H3. The number of nitrogens with one attached hydrogen (secondary N) is 1. The molecule has 2 aliphatic rings. The predicted octanol–water partition coefficient (Wildman–Crippen LogP) is 3.27. The van der Waals surface area contributed by atoms with E-state index < -0.39 is 5.54 Å². The molecule has 1 spiro atoms. The molecule has 4 heteroatoms. The Hall–Kier alpha value is -2.10. The first-order valence-electron chi connectivity index (χ1n) is 7.23. The van der Waals surface area contributed by atoms with Gasteiger partial charge in [-0.05, 0) is 52.3 Å². The van der Waals surface area contributed by atoms with Gasteiger partial charge in [-0.15, -0.1) is 0 Å². The maximum absolute atomic E-state index is 13.0. The molecule has 0 saturated carbocycles. The van der Waals surface area contributed by atoms with Crippen LogP contribution in [0.5, 0.6) is 0 Å². The predicted molar refractivity (Wildman–Crippen MR) is 86.2 cm³/mol. The summed E-state index contributed by atoms with van der Waals surface area (Å²) >= 11 is 0. The SMILES string of the molecule is CC1=CC2(Nc3ccccc31)C(=O)N(C(C)(C)C)N=C2C. The van der Waals surface area contributed by atoms with Crippen LogP contribution in [0.3, 0.4) is 0 Å². The monoisotopic (exact) mass is 283 g/mol. The maximum atomic E-state index is 13.0. The number of hydrazone groups is 1. The number of anilines is 1. The smallest absolute Gasteiger partial charge is 0.278 e. The number of allylic oxidation sites excluding steroid dienone is 1. The Balaban J connectivity index is 2.11. The highest BCUT2D eigenvalue weighted by atomic mass is 16.2. The summed E-state index contributed by atoms with van der Waals surface area (Å²) in [4.78, 5) is 13.0. The van der Waals surface area contributed by atoms with E-state index in [1.165, 1.54) is 0 Å². The van der Waals surface area contributed by atoms with Crippen LogP contribution < -0.4 is 5.32 Å². The average Bonchev–Trinajstić information content (AvgIpc) is 2.64. The number of rotatable bonds is 0. The summed E-state index contributed by atoms with van der Waals surface area (Å²) in [5, 5.41) is 9.51. The summed E-state index contributed by atoms with van der Waals surface area (Å²) in [7, 11) is 0. The van der Waals surface area contributed by atoms with Gasteiger partial charge in [-0.2, -0.15) is 5.10 Å². The molecule has 1 N–H and O–H groups in total. The summed E-state index contributed by atoms with van der Waals surface area (Å²) in [6.45, 7) is 9.94. The highest BCUT2D eigenvalue weighted by Gasteiger charge is 2.52. The lowest BCUT2D eigenvalue weighted by molar-refractivity contribution is -0.135. The second kappa shape index (κ2) is 4.20. The molecule has 0 radical (unpaired) electrons. The van der Waals surface area contributed by atoms with Crippen molar-refractivity contribution < 1.29 is 4.79 Å². The van der Waals surface area contributed by atoms with E-state index in [1.807, 2.05) is 58.9 Å². The van der Waals surface area contributed by atoms with Crippen molar-refractivity contribution in [2.24, 2.45) is 5.10 Å². The fraction of sp³-hybridized carbons (Fsp3) is 0.412. The van der Waals surface area contributed by atoms with Crippen LogP contribution in [0, 0.1) is 0 Å². The van der Waals surface area contributed by atoms with Crippen molar-refractivity contribution in [2.45, 2.75) is 45.7 Å². The van der Waals surface area contributed by atoms with E-state index in [0.717, 1.165) is 22.5 Å². The molecule has 1 atom stereocenters. The van der Waals surface area contributed by atoms with Gasteiger partial charge in [-0.3, -0.25) is 4.79 Å². The molecule has 0 aromatic heterocycles. The van der Waals surface area contributed by atoms with Crippen LogP contribution in [0.1, 0.15) is 40.2 Å². The average molecular weight is 283 g/mol. The van der Waals surface area contributed by atoms with E-state index in [4.69, 9.17) is 0 Å². The van der Waals surface area contributed by atoms with E-state index in [9.17, 15) is 4.79 Å². The molecular weight excluding hydrogens is 262 g/mol. The van der Waals surface area contributed by atoms with Crippen molar-refractivity contribution in [2.75, 3.05) is 5.32 Å². The van der Waals surface area contributed by atoms with Gasteiger partial charge in [0.2, 0.25) is 0 Å². The van der Waals surface area contributed by atoms with E-state index in [2.05, 4.69) is 16.5 Å². The van der Waals surface area contributed by atoms with Crippen LogP contribution in [0.25, 0.3) is 5.57 Å². The number of para-hydroxylation sites is 1. The molecule has 21 heavy (non-hydrogen) atoms. The minimum atomic E-state index is -0.842. The third kappa shape index (κ3) is 1.89. The van der Waals surface area contributed by atoms with Crippen LogP contribution in [-0.4, -0.2) is 27.7 Å². The fourth-order valence-corrected chi connectivity index (χ4v) is 2.95. The topological polar surface area (TPSA) is 44.7 Å². The fourth-order valence-electron chi connectivity index (χ4n) is 2.95. The minimum Gasteiger partial charge on any atom is -0.363 e. The van der Waals surface area contributed by atoms with Gasteiger partial charge in [0.25, 0.3) is 5.91 Å². The highest BCUT2D eigenvalue weighted by molar-refractivity contribution is 6.22. The highest BCUT2D eigenvalue weighted by Crippen LogP contribution is 2.39. The molecule has 2 aliphatic heterocycles. The van der Waals surface area contributed by atoms with Crippen molar-refractivity contribution in [3.05, 3.63) is 35.9 Å². The number of amides is 1. The van der Waals surface area contributed by atoms with E-state index in [1.54, 1.807) is 5.01 Å². The minimum absolute atomic E-state index is 0.0126. The van der Waals surface area contributed by atoms with Gasteiger partial charge in [0, 0.05) is 11.3 Å². The van der Waals surface area contributed by atoms with Crippen LogP contribution in [0.15, 0.2) is 35.4 Å². The van der Waals surface area contributed by atoms with Crippen LogP contribution in [-0.2, 0) is 4.79 Å². The Kier molecular flexibility index (Phi) is 2.77. The molecule has 3 rings (SSSR count). The Morgan fingerprint density at radius 1 is 1.19 bits per heavy atom. The zero-order valence-electron chi connectivity index (χ0n) is 13.2. The van der Waals surface area contributed by atoms with Gasteiger partial charge in [0.15, 0.2) is 5.54 Å². The van der Waals surface area contributed by atoms with E-state index in [0.29, 0.717) is 0 Å². The molecule has 1 unspecified atom stereocenters. The van der Waals surface area contributed by atoms with Crippen molar-refractivity contribution in [1.82, 2.24) is 5.01 Å².